The van der Waals surface area contributed by atoms with Gasteiger partial charge in [-0.25, -0.2) is 4.98 Å². The fourth-order valence-electron chi connectivity index (χ4n) is 9.11. The van der Waals surface area contributed by atoms with Crippen molar-refractivity contribution < 1.29 is 53.7 Å². The molecule has 7 aliphatic rings. The molecule has 0 aromatic heterocycles. The summed E-state index contributed by atoms with van der Waals surface area (Å²) in [6, 6.07) is 3.43. The van der Waals surface area contributed by atoms with E-state index in [4.69, 9.17) is 23.6 Å². The Labute approximate surface area is 360 Å². The number of aliphatic hydroxyl groups is 5. The van der Waals surface area contributed by atoms with Crippen LogP contribution in [0.2, 0.25) is 0 Å². The first kappa shape index (κ1) is 44.8. The highest BCUT2D eigenvalue weighted by Gasteiger charge is 2.57. The Kier molecular flexibility index (Phi) is 12.1. The third-order valence-electron chi connectivity index (χ3n) is 13.5. The standard InChI is InChI=1S/C46H58N4O12/c1-20-12-11-13-21(2)45(58)48-36-41(56)32-31(35-43(36)61-30-17-26(16-28(51)34(30)47-35)50-18-27(19-50)49(8)9)33-42(25(6)40(32)55)62-46(7,44(33)57)60-15-14-29(59-10)22(3)38(53)24(5)39(54)23(4)37(20)52/h11-17,20,22-24,27,29,31-32,37-39,52-54,56-57H,18-19H2,1-10H3,(H,48,58)/b12-11+,15-14+,21-13-/t20-,22+,23+,24-,29-,31?,32?,37-,38+,39+,46-/m0/s1. The number of carbonyl (C=O) groups is 2. The number of benzene rings is 1. The number of nitrogens with one attached hydrogen (secondary N) is 1. The number of hydrogen-bond donors (Lipinski definition) is 6. The molecule has 4 heterocycles. The van der Waals surface area contributed by atoms with E-state index in [0.717, 1.165) is 0 Å². The molecule has 2 unspecified atom stereocenters. The first-order chi connectivity index (χ1) is 29.2. The van der Waals surface area contributed by atoms with Gasteiger partial charge in [-0.2, -0.15) is 0 Å². The Balaban J connectivity index is 1.40. The predicted octanol–water partition coefficient (Wildman–Crippen LogP) is 4.05. The molecule has 11 atom stereocenters. The molecule has 16 nitrogen and oxygen atoms in total. The molecule has 0 radical (unpaired) electrons. The summed E-state index contributed by atoms with van der Waals surface area (Å²) in [4.78, 5) is 51.1. The number of ketones is 1. The number of anilines is 1. The highest BCUT2D eigenvalue weighted by atomic mass is 16.7. The number of rotatable bonds is 3. The number of carbonyl (C=O) groups excluding carboxylic acids is 2. The molecule has 3 aliphatic carbocycles. The topological polar surface area (TPSA) is 225 Å². The van der Waals surface area contributed by atoms with Crippen molar-refractivity contribution in [2.24, 2.45) is 29.6 Å². The van der Waals surface area contributed by atoms with E-state index >= 15 is 0 Å². The zero-order valence-corrected chi connectivity index (χ0v) is 36.7. The van der Waals surface area contributed by atoms with Gasteiger partial charge in [-0.3, -0.25) is 14.4 Å². The molecule has 0 aromatic carbocycles. The van der Waals surface area contributed by atoms with Crippen molar-refractivity contribution in [3.05, 3.63) is 98.4 Å². The SMILES string of the molecule is CO[C@H]1/C=C/O[C@@]2(C)OC3=C(C)C(=O)C4C(O)=C(NC(=O)/C(C)=C\C=C\[C@H](C)[C@H](O)[C@@H](C)[C@@H](O)[C@@H](C)[C@H](O)[C@@H]1C)c1oc5cc(N6CC(N(C)C)C6)cc(=O)c-5nc1C4C3=C2O. The predicted molar refractivity (Wildman–Crippen MR) is 228 cm³/mol. The first-order valence-electron chi connectivity index (χ1n) is 21.0. The summed E-state index contributed by atoms with van der Waals surface area (Å²) >= 11 is 0. The number of aromatic nitrogens is 1. The van der Waals surface area contributed by atoms with Crippen molar-refractivity contribution in [2.45, 2.75) is 90.6 Å². The van der Waals surface area contributed by atoms with Crippen molar-refractivity contribution in [3.8, 4) is 11.5 Å². The van der Waals surface area contributed by atoms with Crippen molar-refractivity contribution >= 4 is 23.1 Å². The van der Waals surface area contributed by atoms with Crippen LogP contribution in [0.1, 0.15) is 65.8 Å². The molecular weight excluding hydrogens is 801 g/mol. The normalized spacial score (nSPS) is 35.6. The van der Waals surface area contributed by atoms with Crippen molar-refractivity contribution in [3.63, 3.8) is 0 Å². The number of methoxy groups -OCH3 is 1. The lowest BCUT2D eigenvalue weighted by molar-refractivity contribution is -0.146. The van der Waals surface area contributed by atoms with E-state index in [-0.39, 0.29) is 57.1 Å². The van der Waals surface area contributed by atoms with Crippen LogP contribution in [-0.4, -0.2) is 118 Å². The average molecular weight is 859 g/mol. The lowest BCUT2D eigenvalue weighted by Gasteiger charge is -2.44. The highest BCUT2D eigenvalue weighted by Crippen LogP contribution is 2.56. The van der Waals surface area contributed by atoms with Gasteiger partial charge in [0.05, 0.1) is 53.8 Å². The van der Waals surface area contributed by atoms with Gasteiger partial charge in [0.15, 0.2) is 28.8 Å². The van der Waals surface area contributed by atoms with Gasteiger partial charge < -0.3 is 59.3 Å². The second-order valence-corrected chi connectivity index (χ2v) is 17.8. The van der Waals surface area contributed by atoms with Crippen molar-refractivity contribution in [1.29, 1.82) is 0 Å². The van der Waals surface area contributed by atoms with Crippen LogP contribution in [0.15, 0.2) is 85.9 Å². The molecule has 4 bridgehead atoms. The quantitative estimate of drug-likeness (QED) is 0.256. The van der Waals surface area contributed by atoms with Gasteiger partial charge in [0.1, 0.15) is 17.2 Å². The Hall–Kier alpha value is -5.26. The van der Waals surface area contributed by atoms with Gasteiger partial charge in [-0.15, -0.1) is 0 Å². The van der Waals surface area contributed by atoms with Crippen LogP contribution in [0.25, 0.3) is 17.2 Å². The van der Waals surface area contributed by atoms with E-state index in [1.807, 2.05) is 19.0 Å². The Morgan fingerprint density at radius 2 is 1.60 bits per heavy atom. The summed E-state index contributed by atoms with van der Waals surface area (Å²) in [5.41, 5.74) is 0.137. The third kappa shape index (κ3) is 7.55. The minimum Gasteiger partial charge on any atom is -0.509 e. The van der Waals surface area contributed by atoms with Crippen LogP contribution in [0.4, 0.5) is 5.69 Å². The molecular formula is C46H58N4O12. The molecule has 7 rings (SSSR count). The smallest absolute Gasteiger partial charge is 0.306 e. The lowest BCUT2D eigenvalue weighted by Crippen LogP contribution is -2.57. The zero-order chi connectivity index (χ0) is 45.3. The number of Topliss-reactive ketones (excluding diaryl/α,β-unsaturated/α-hetero) is 1. The number of allylic oxidation sites excluding steroid dienone is 5. The number of fused-ring (bicyclic) bond motifs is 2. The van der Waals surface area contributed by atoms with Gasteiger partial charge in [0.2, 0.25) is 5.43 Å². The number of amides is 1. The highest BCUT2D eigenvalue weighted by molar-refractivity contribution is 6.05. The minimum absolute atomic E-state index is 0.00755. The molecule has 334 valence electrons. The van der Waals surface area contributed by atoms with E-state index < -0.39 is 94.3 Å². The van der Waals surface area contributed by atoms with E-state index in [9.17, 15) is 39.9 Å². The Morgan fingerprint density at radius 1 is 0.935 bits per heavy atom. The van der Waals surface area contributed by atoms with Gasteiger partial charge in [0, 0.05) is 85.8 Å². The van der Waals surface area contributed by atoms with E-state index in [1.54, 1.807) is 45.9 Å². The largest absolute Gasteiger partial charge is 0.509 e. The molecule has 0 spiro atoms. The molecule has 1 fully saturated rings. The number of nitrogens with zero attached hydrogens (tertiary/aromatic N) is 3. The number of ether oxygens (including phenoxy) is 3. The van der Waals surface area contributed by atoms with Gasteiger partial charge >= 0.3 is 5.79 Å². The molecule has 16 heteroatoms. The summed E-state index contributed by atoms with van der Waals surface area (Å²) in [6.45, 7) is 12.7. The molecule has 0 saturated carbocycles. The average Bonchev–Trinajstić information content (AvgIpc) is 3.48. The van der Waals surface area contributed by atoms with Crippen LogP contribution < -0.4 is 15.6 Å². The molecule has 0 aromatic rings. The van der Waals surface area contributed by atoms with Gasteiger partial charge in [-0.05, 0) is 34.0 Å². The maximum atomic E-state index is 14.4. The lowest BCUT2D eigenvalue weighted by atomic mass is 9.69. The molecule has 1 saturated heterocycles. The van der Waals surface area contributed by atoms with Gasteiger partial charge in [-0.1, -0.05) is 45.9 Å². The van der Waals surface area contributed by atoms with E-state index in [0.29, 0.717) is 18.8 Å². The molecule has 62 heavy (non-hydrogen) atoms. The van der Waals surface area contributed by atoms with Crippen LogP contribution >= 0.6 is 0 Å². The second kappa shape index (κ2) is 16.8. The van der Waals surface area contributed by atoms with Crippen molar-refractivity contribution in [1.82, 2.24) is 15.2 Å². The van der Waals surface area contributed by atoms with Gasteiger partial charge in [0.25, 0.3) is 5.91 Å². The van der Waals surface area contributed by atoms with Crippen LogP contribution in [0.3, 0.4) is 0 Å². The zero-order valence-electron chi connectivity index (χ0n) is 36.7. The molecule has 1 amide bonds. The fraction of sp³-hybridized carbons (Fsp3) is 0.522. The first-order valence-corrected chi connectivity index (χ1v) is 21.0. The summed E-state index contributed by atoms with van der Waals surface area (Å²) in [7, 11) is 5.42. The summed E-state index contributed by atoms with van der Waals surface area (Å²) in [6.07, 6.45) is 3.57. The number of hydrogen-bond acceptors (Lipinski definition) is 15. The number of aliphatic hydroxyl groups excluding tert-OH is 5. The summed E-state index contributed by atoms with van der Waals surface area (Å²) in [5, 5.41) is 61.0. The molecule has 4 aliphatic heterocycles. The Bertz CT molecular complexity index is 2350. The van der Waals surface area contributed by atoms with Crippen molar-refractivity contribution in [2.75, 3.05) is 39.2 Å². The van der Waals surface area contributed by atoms with E-state index in [1.165, 1.54) is 52.4 Å². The summed E-state index contributed by atoms with van der Waals surface area (Å²) in [5.74, 6) is -9.40. The maximum Gasteiger partial charge on any atom is 0.306 e. The summed E-state index contributed by atoms with van der Waals surface area (Å²) < 4.78 is 24.5. The Morgan fingerprint density at radius 3 is 2.26 bits per heavy atom. The monoisotopic (exact) mass is 858 g/mol. The maximum absolute atomic E-state index is 14.4. The van der Waals surface area contributed by atoms with Crippen LogP contribution in [0, 0.1) is 29.6 Å². The fourth-order valence-corrected chi connectivity index (χ4v) is 9.11. The minimum atomic E-state index is -1.92. The number of likely N-dealkylation sites (N-methyl/N-ethyl adjacent to an activating group) is 1. The second-order valence-electron chi connectivity index (χ2n) is 17.8. The van der Waals surface area contributed by atoms with E-state index in [2.05, 4.69) is 10.2 Å². The molecule has 6 N–H and O–H groups in total. The third-order valence-corrected chi connectivity index (χ3v) is 13.5. The van der Waals surface area contributed by atoms with Crippen LogP contribution in [-0.2, 0) is 23.8 Å². The van der Waals surface area contributed by atoms with Crippen LogP contribution in [0.5, 0.6) is 0 Å².